The van der Waals surface area contributed by atoms with Gasteiger partial charge in [0.05, 0.1) is 0 Å². The lowest BCUT2D eigenvalue weighted by Gasteiger charge is -2.34. The SMILES string of the molecule is NCC(NC1CCCCC1CO)c1ccccc1Cl. The van der Waals surface area contributed by atoms with Gasteiger partial charge in [0.2, 0.25) is 0 Å². The second-order valence-electron chi connectivity index (χ2n) is 5.31. The van der Waals surface area contributed by atoms with Crippen molar-refractivity contribution in [2.24, 2.45) is 11.7 Å². The molecular formula is C15H23ClN2O. The molecule has 1 aliphatic carbocycles. The lowest BCUT2D eigenvalue weighted by Crippen LogP contribution is -2.44. The zero-order valence-electron chi connectivity index (χ0n) is 11.2. The highest BCUT2D eigenvalue weighted by molar-refractivity contribution is 6.31. The molecule has 3 nitrogen and oxygen atoms in total. The van der Waals surface area contributed by atoms with E-state index in [2.05, 4.69) is 5.32 Å². The summed E-state index contributed by atoms with van der Waals surface area (Å²) in [6.45, 7) is 0.760. The van der Waals surface area contributed by atoms with E-state index in [1.165, 1.54) is 12.8 Å². The summed E-state index contributed by atoms with van der Waals surface area (Å²) in [6.07, 6.45) is 4.62. The smallest absolute Gasteiger partial charge is 0.0474 e. The van der Waals surface area contributed by atoms with Gasteiger partial charge in [0.1, 0.15) is 0 Å². The molecule has 3 unspecified atom stereocenters. The molecule has 0 spiro atoms. The number of aliphatic hydroxyl groups is 1. The maximum Gasteiger partial charge on any atom is 0.0474 e. The first-order valence-corrected chi connectivity index (χ1v) is 7.45. The van der Waals surface area contributed by atoms with Crippen LogP contribution in [0.1, 0.15) is 37.3 Å². The van der Waals surface area contributed by atoms with Gasteiger partial charge in [-0.15, -0.1) is 0 Å². The highest BCUT2D eigenvalue weighted by Crippen LogP contribution is 2.28. The average molecular weight is 283 g/mol. The minimum atomic E-state index is 0.0610. The topological polar surface area (TPSA) is 58.3 Å². The summed E-state index contributed by atoms with van der Waals surface area (Å²) in [4.78, 5) is 0. The maximum absolute atomic E-state index is 9.47. The van der Waals surface area contributed by atoms with E-state index in [0.717, 1.165) is 23.4 Å². The van der Waals surface area contributed by atoms with Gasteiger partial charge in [0.15, 0.2) is 0 Å². The Morgan fingerprint density at radius 3 is 2.74 bits per heavy atom. The third-order valence-electron chi connectivity index (χ3n) is 4.08. The lowest BCUT2D eigenvalue weighted by atomic mass is 9.84. The van der Waals surface area contributed by atoms with Crippen molar-refractivity contribution in [1.82, 2.24) is 5.32 Å². The summed E-state index contributed by atoms with van der Waals surface area (Å²) in [6, 6.07) is 8.22. The number of rotatable bonds is 5. The second kappa shape index (κ2) is 7.25. The van der Waals surface area contributed by atoms with Crippen LogP contribution in [0.5, 0.6) is 0 Å². The Balaban J connectivity index is 2.08. The summed E-state index contributed by atoms with van der Waals surface area (Å²) in [5, 5.41) is 13.8. The van der Waals surface area contributed by atoms with Gasteiger partial charge in [-0.25, -0.2) is 0 Å². The Morgan fingerprint density at radius 1 is 1.32 bits per heavy atom. The van der Waals surface area contributed by atoms with Crippen molar-refractivity contribution in [3.05, 3.63) is 34.9 Å². The molecule has 0 heterocycles. The molecule has 0 saturated heterocycles. The van der Waals surface area contributed by atoms with Crippen LogP contribution in [0.2, 0.25) is 5.02 Å². The zero-order valence-corrected chi connectivity index (χ0v) is 11.9. The van der Waals surface area contributed by atoms with Gasteiger partial charge in [-0.2, -0.15) is 0 Å². The molecule has 0 aromatic heterocycles. The lowest BCUT2D eigenvalue weighted by molar-refractivity contribution is 0.146. The van der Waals surface area contributed by atoms with E-state index in [9.17, 15) is 5.11 Å². The van der Waals surface area contributed by atoms with Crippen LogP contribution in [-0.2, 0) is 0 Å². The van der Waals surface area contributed by atoms with Crippen molar-refractivity contribution in [3.8, 4) is 0 Å². The van der Waals surface area contributed by atoms with Crippen LogP contribution >= 0.6 is 11.6 Å². The van der Waals surface area contributed by atoms with Gasteiger partial charge in [0.25, 0.3) is 0 Å². The number of hydrogen-bond acceptors (Lipinski definition) is 3. The van der Waals surface area contributed by atoms with E-state index >= 15 is 0 Å². The van der Waals surface area contributed by atoms with E-state index in [0.29, 0.717) is 18.5 Å². The second-order valence-corrected chi connectivity index (χ2v) is 5.72. The van der Waals surface area contributed by atoms with E-state index in [1.807, 2.05) is 24.3 Å². The summed E-state index contributed by atoms with van der Waals surface area (Å²) in [5.74, 6) is 0.338. The summed E-state index contributed by atoms with van der Waals surface area (Å²) >= 11 is 6.24. The fourth-order valence-electron chi connectivity index (χ4n) is 2.95. The predicted molar refractivity (Wildman–Crippen MR) is 79.2 cm³/mol. The first-order valence-electron chi connectivity index (χ1n) is 7.07. The van der Waals surface area contributed by atoms with Crippen LogP contribution in [0.3, 0.4) is 0 Å². The zero-order chi connectivity index (χ0) is 13.7. The molecule has 1 fully saturated rings. The summed E-state index contributed by atoms with van der Waals surface area (Å²) in [7, 11) is 0. The molecule has 3 atom stereocenters. The van der Waals surface area contributed by atoms with Gasteiger partial charge in [-0.3, -0.25) is 0 Å². The molecule has 2 rings (SSSR count). The summed E-state index contributed by atoms with van der Waals surface area (Å²) in [5.41, 5.74) is 6.94. The van der Waals surface area contributed by atoms with Crippen molar-refractivity contribution in [2.75, 3.05) is 13.2 Å². The number of halogens is 1. The van der Waals surface area contributed by atoms with Gasteiger partial charge >= 0.3 is 0 Å². The van der Waals surface area contributed by atoms with Crippen LogP contribution in [0.25, 0.3) is 0 Å². The maximum atomic E-state index is 9.47. The van der Waals surface area contributed by atoms with Gasteiger partial charge in [-0.05, 0) is 30.4 Å². The molecule has 1 saturated carbocycles. The minimum Gasteiger partial charge on any atom is -0.396 e. The van der Waals surface area contributed by atoms with Crippen LogP contribution in [-0.4, -0.2) is 24.3 Å². The highest BCUT2D eigenvalue weighted by atomic mass is 35.5. The third kappa shape index (κ3) is 3.69. The number of nitrogens with one attached hydrogen (secondary N) is 1. The molecule has 1 aliphatic rings. The van der Waals surface area contributed by atoms with E-state index in [-0.39, 0.29) is 12.6 Å². The molecule has 1 aromatic rings. The molecule has 0 bridgehead atoms. The molecule has 0 aliphatic heterocycles. The van der Waals surface area contributed by atoms with Gasteiger partial charge in [-0.1, -0.05) is 42.6 Å². The minimum absolute atomic E-state index is 0.0610. The van der Waals surface area contributed by atoms with Crippen LogP contribution in [0, 0.1) is 5.92 Å². The van der Waals surface area contributed by atoms with Crippen molar-refractivity contribution < 1.29 is 5.11 Å². The van der Waals surface area contributed by atoms with Crippen molar-refractivity contribution >= 4 is 11.6 Å². The molecule has 4 heteroatoms. The third-order valence-corrected chi connectivity index (χ3v) is 4.42. The van der Waals surface area contributed by atoms with Crippen molar-refractivity contribution in [3.63, 3.8) is 0 Å². The monoisotopic (exact) mass is 282 g/mol. The normalized spacial score (nSPS) is 25.2. The molecule has 106 valence electrons. The van der Waals surface area contributed by atoms with Crippen LogP contribution < -0.4 is 11.1 Å². The Bertz CT molecular complexity index is 399. The number of aliphatic hydroxyl groups excluding tert-OH is 1. The fourth-order valence-corrected chi connectivity index (χ4v) is 3.21. The molecule has 4 N–H and O–H groups in total. The molecular weight excluding hydrogens is 260 g/mol. The van der Waals surface area contributed by atoms with Crippen LogP contribution in [0.15, 0.2) is 24.3 Å². The van der Waals surface area contributed by atoms with E-state index < -0.39 is 0 Å². The Labute approximate surface area is 120 Å². The largest absolute Gasteiger partial charge is 0.396 e. The fraction of sp³-hybridized carbons (Fsp3) is 0.600. The Morgan fingerprint density at radius 2 is 2.05 bits per heavy atom. The number of benzene rings is 1. The number of hydrogen-bond donors (Lipinski definition) is 3. The number of nitrogens with two attached hydrogens (primary N) is 1. The summed E-state index contributed by atoms with van der Waals surface area (Å²) < 4.78 is 0. The van der Waals surface area contributed by atoms with Crippen molar-refractivity contribution in [2.45, 2.75) is 37.8 Å². The highest BCUT2D eigenvalue weighted by Gasteiger charge is 2.27. The van der Waals surface area contributed by atoms with Crippen molar-refractivity contribution in [1.29, 1.82) is 0 Å². The van der Waals surface area contributed by atoms with E-state index in [4.69, 9.17) is 17.3 Å². The van der Waals surface area contributed by atoms with Gasteiger partial charge in [0, 0.05) is 30.3 Å². The molecule has 0 radical (unpaired) electrons. The van der Waals surface area contributed by atoms with Gasteiger partial charge < -0.3 is 16.2 Å². The van der Waals surface area contributed by atoms with E-state index in [1.54, 1.807) is 0 Å². The quantitative estimate of drug-likeness (QED) is 0.778. The first-order chi connectivity index (χ1) is 9.26. The first kappa shape index (κ1) is 14.8. The standard InChI is InChI=1S/C15H23ClN2O/c16-13-7-3-2-6-12(13)15(9-17)18-14-8-4-1-5-11(14)10-19/h2-3,6-7,11,14-15,18-19H,1,4-5,8-10,17H2. The Kier molecular flexibility index (Phi) is 5.64. The molecule has 1 aromatic carbocycles. The Hall–Kier alpha value is -0.610. The molecule has 0 amide bonds. The molecule has 19 heavy (non-hydrogen) atoms. The average Bonchev–Trinajstić information content (AvgIpc) is 2.46. The van der Waals surface area contributed by atoms with Crippen LogP contribution in [0.4, 0.5) is 0 Å². The predicted octanol–water partition coefficient (Wildman–Crippen LogP) is 2.48.